The number of ether oxygens (including phenoxy) is 1. The summed E-state index contributed by atoms with van der Waals surface area (Å²) in [5, 5.41) is 3.72. The molecule has 1 aliphatic heterocycles. The molecule has 3 rings (SSSR count). The van der Waals surface area contributed by atoms with Crippen molar-refractivity contribution < 1.29 is 9.53 Å². The van der Waals surface area contributed by atoms with Gasteiger partial charge < -0.3 is 15.0 Å². The molecule has 2 aromatic rings. The van der Waals surface area contributed by atoms with Gasteiger partial charge in [0.15, 0.2) is 0 Å². The second-order valence-corrected chi connectivity index (χ2v) is 8.02. The van der Waals surface area contributed by atoms with Crippen molar-refractivity contribution in [3.63, 3.8) is 0 Å². The predicted molar refractivity (Wildman–Crippen MR) is 119 cm³/mol. The van der Waals surface area contributed by atoms with E-state index in [0.717, 1.165) is 18.5 Å². The molecule has 0 aromatic heterocycles. The van der Waals surface area contributed by atoms with Crippen molar-refractivity contribution >= 4 is 17.5 Å². The van der Waals surface area contributed by atoms with Crippen molar-refractivity contribution in [3.05, 3.63) is 64.7 Å². The number of likely N-dealkylation sites (tertiary alicyclic amines) is 1. The SMILES string of the molecule is CCC1CCCCN1CCCNC(=O)c1cccc(OCc2ccccc2Cl)c1. The monoisotopic (exact) mass is 414 g/mol. The molecule has 0 aliphatic carbocycles. The largest absolute Gasteiger partial charge is 0.489 e. The zero-order valence-electron chi connectivity index (χ0n) is 17.2. The number of benzene rings is 2. The quantitative estimate of drug-likeness (QED) is 0.566. The maximum Gasteiger partial charge on any atom is 0.251 e. The molecule has 1 saturated heterocycles. The van der Waals surface area contributed by atoms with E-state index in [4.69, 9.17) is 16.3 Å². The summed E-state index contributed by atoms with van der Waals surface area (Å²) in [6.07, 6.45) is 6.15. The zero-order chi connectivity index (χ0) is 20.5. The van der Waals surface area contributed by atoms with E-state index in [1.807, 2.05) is 42.5 Å². The summed E-state index contributed by atoms with van der Waals surface area (Å²) in [4.78, 5) is 15.1. The number of rotatable bonds is 9. The number of carbonyl (C=O) groups is 1. The Balaban J connectivity index is 1.44. The van der Waals surface area contributed by atoms with Crippen LogP contribution in [0.15, 0.2) is 48.5 Å². The van der Waals surface area contributed by atoms with Crippen LogP contribution in [-0.4, -0.2) is 36.5 Å². The molecule has 156 valence electrons. The van der Waals surface area contributed by atoms with Gasteiger partial charge in [0.25, 0.3) is 5.91 Å². The van der Waals surface area contributed by atoms with E-state index in [9.17, 15) is 4.79 Å². The molecular formula is C24H31ClN2O2. The van der Waals surface area contributed by atoms with E-state index in [2.05, 4.69) is 17.1 Å². The maximum absolute atomic E-state index is 12.5. The van der Waals surface area contributed by atoms with Crippen LogP contribution in [-0.2, 0) is 6.61 Å². The fraction of sp³-hybridized carbons (Fsp3) is 0.458. The Morgan fingerprint density at radius 2 is 2.07 bits per heavy atom. The molecule has 0 saturated carbocycles. The minimum absolute atomic E-state index is 0.0566. The van der Waals surface area contributed by atoms with Gasteiger partial charge in [0.2, 0.25) is 0 Å². The minimum Gasteiger partial charge on any atom is -0.489 e. The third kappa shape index (κ3) is 6.48. The Labute approximate surface area is 179 Å². The van der Waals surface area contributed by atoms with Crippen LogP contribution in [0.3, 0.4) is 0 Å². The predicted octanol–water partition coefficient (Wildman–Crippen LogP) is 5.30. The molecule has 1 fully saturated rings. The molecule has 4 nitrogen and oxygen atoms in total. The molecule has 0 radical (unpaired) electrons. The van der Waals surface area contributed by atoms with Gasteiger partial charge in [-0.3, -0.25) is 4.79 Å². The lowest BCUT2D eigenvalue weighted by molar-refractivity contribution is 0.0947. The fourth-order valence-electron chi connectivity index (χ4n) is 3.91. The van der Waals surface area contributed by atoms with Crippen LogP contribution in [0.25, 0.3) is 0 Å². The first-order chi connectivity index (χ1) is 14.2. The van der Waals surface area contributed by atoms with Gasteiger partial charge in [-0.1, -0.05) is 49.2 Å². The van der Waals surface area contributed by atoms with E-state index in [1.165, 1.54) is 32.2 Å². The number of carbonyl (C=O) groups excluding carboxylic acids is 1. The van der Waals surface area contributed by atoms with Crippen LogP contribution in [0, 0.1) is 0 Å². The molecule has 1 amide bonds. The highest BCUT2D eigenvalue weighted by Crippen LogP contribution is 2.20. The number of halogens is 1. The molecule has 1 aliphatic rings. The van der Waals surface area contributed by atoms with E-state index >= 15 is 0 Å². The molecule has 1 N–H and O–H groups in total. The van der Waals surface area contributed by atoms with Gasteiger partial charge in [-0.15, -0.1) is 0 Å². The normalized spacial score (nSPS) is 17.1. The summed E-state index contributed by atoms with van der Waals surface area (Å²) in [5.41, 5.74) is 1.54. The van der Waals surface area contributed by atoms with Gasteiger partial charge in [0, 0.05) is 35.3 Å². The van der Waals surface area contributed by atoms with Crippen LogP contribution in [0.1, 0.15) is 54.9 Å². The topological polar surface area (TPSA) is 41.6 Å². The molecule has 2 aromatic carbocycles. The van der Waals surface area contributed by atoms with Crippen molar-refractivity contribution in [2.45, 2.75) is 51.7 Å². The number of hydrogen-bond donors (Lipinski definition) is 1. The van der Waals surface area contributed by atoms with Crippen LogP contribution >= 0.6 is 11.6 Å². The Kier molecular flexibility index (Phi) is 8.38. The van der Waals surface area contributed by atoms with Gasteiger partial charge in [0.1, 0.15) is 12.4 Å². The van der Waals surface area contributed by atoms with E-state index < -0.39 is 0 Å². The van der Waals surface area contributed by atoms with Crippen molar-refractivity contribution in [2.75, 3.05) is 19.6 Å². The maximum atomic E-state index is 12.5. The molecule has 1 heterocycles. The highest BCUT2D eigenvalue weighted by Gasteiger charge is 2.19. The van der Waals surface area contributed by atoms with E-state index in [-0.39, 0.29) is 5.91 Å². The van der Waals surface area contributed by atoms with Crippen LogP contribution in [0.2, 0.25) is 5.02 Å². The van der Waals surface area contributed by atoms with Gasteiger partial charge in [-0.05, 0) is 56.5 Å². The number of hydrogen-bond acceptors (Lipinski definition) is 3. The minimum atomic E-state index is -0.0566. The van der Waals surface area contributed by atoms with Gasteiger partial charge >= 0.3 is 0 Å². The van der Waals surface area contributed by atoms with Gasteiger partial charge in [0.05, 0.1) is 0 Å². The standard InChI is InChI=1S/C24H31ClN2O2/c1-2-21-11-5-6-15-27(21)16-8-14-26-24(28)19-10-7-12-22(17-19)29-18-20-9-3-4-13-23(20)25/h3-4,7,9-10,12-13,17,21H,2,5-6,8,11,14-16,18H2,1H3,(H,26,28). The first kappa shape index (κ1) is 21.7. The third-order valence-electron chi connectivity index (χ3n) is 5.58. The highest BCUT2D eigenvalue weighted by atomic mass is 35.5. The third-order valence-corrected chi connectivity index (χ3v) is 5.95. The Morgan fingerprint density at radius 3 is 2.90 bits per heavy atom. The van der Waals surface area contributed by atoms with Crippen molar-refractivity contribution in [2.24, 2.45) is 0 Å². The number of amides is 1. The molecule has 29 heavy (non-hydrogen) atoms. The van der Waals surface area contributed by atoms with E-state index in [0.29, 0.717) is 35.5 Å². The van der Waals surface area contributed by atoms with Gasteiger partial charge in [-0.25, -0.2) is 0 Å². The van der Waals surface area contributed by atoms with Crippen molar-refractivity contribution in [1.29, 1.82) is 0 Å². The second-order valence-electron chi connectivity index (χ2n) is 7.61. The highest BCUT2D eigenvalue weighted by molar-refractivity contribution is 6.31. The average Bonchev–Trinajstić information content (AvgIpc) is 2.76. The van der Waals surface area contributed by atoms with Crippen LogP contribution in [0.5, 0.6) is 5.75 Å². The number of piperidine rings is 1. The first-order valence-corrected chi connectivity index (χ1v) is 11.0. The summed E-state index contributed by atoms with van der Waals surface area (Å²) in [7, 11) is 0. The van der Waals surface area contributed by atoms with Gasteiger partial charge in [-0.2, -0.15) is 0 Å². The molecule has 1 atom stereocenters. The Hall–Kier alpha value is -2.04. The zero-order valence-corrected chi connectivity index (χ0v) is 18.0. The van der Waals surface area contributed by atoms with Crippen LogP contribution < -0.4 is 10.1 Å². The summed E-state index contributed by atoms with van der Waals surface area (Å²) in [5.74, 6) is 0.607. The molecule has 1 unspecified atom stereocenters. The average molecular weight is 415 g/mol. The lowest BCUT2D eigenvalue weighted by Gasteiger charge is -2.35. The second kappa shape index (κ2) is 11.2. The van der Waals surface area contributed by atoms with Crippen molar-refractivity contribution in [1.82, 2.24) is 10.2 Å². The summed E-state index contributed by atoms with van der Waals surface area (Å²) < 4.78 is 5.82. The lowest BCUT2D eigenvalue weighted by atomic mass is 10.00. The number of nitrogens with one attached hydrogen (secondary N) is 1. The molecular weight excluding hydrogens is 384 g/mol. The molecule has 5 heteroatoms. The van der Waals surface area contributed by atoms with Crippen LogP contribution in [0.4, 0.5) is 0 Å². The van der Waals surface area contributed by atoms with Crippen molar-refractivity contribution in [3.8, 4) is 5.75 Å². The smallest absolute Gasteiger partial charge is 0.251 e. The molecule has 0 bridgehead atoms. The first-order valence-electron chi connectivity index (χ1n) is 10.7. The lowest BCUT2D eigenvalue weighted by Crippen LogP contribution is -2.40. The summed E-state index contributed by atoms with van der Waals surface area (Å²) >= 11 is 6.17. The molecule has 0 spiro atoms. The number of nitrogens with zero attached hydrogens (tertiary/aromatic N) is 1. The summed E-state index contributed by atoms with van der Waals surface area (Å²) in [6, 6.07) is 15.6. The summed E-state index contributed by atoms with van der Waals surface area (Å²) in [6.45, 7) is 5.58. The fourth-order valence-corrected chi connectivity index (χ4v) is 4.10. The Morgan fingerprint density at radius 1 is 1.21 bits per heavy atom. The Bertz CT molecular complexity index is 796. The van der Waals surface area contributed by atoms with E-state index in [1.54, 1.807) is 6.07 Å².